The first-order valence-electron chi connectivity index (χ1n) is 10.7. The van der Waals surface area contributed by atoms with Crippen molar-refractivity contribution < 1.29 is 19.1 Å². The molecule has 0 saturated heterocycles. The maximum Gasteiger partial charge on any atom is 0.278 e. The molecule has 0 radical (unpaired) electrons. The van der Waals surface area contributed by atoms with Crippen LogP contribution in [-0.4, -0.2) is 42.6 Å². The summed E-state index contributed by atoms with van der Waals surface area (Å²) in [5, 5.41) is 3.18. The van der Waals surface area contributed by atoms with Gasteiger partial charge in [-0.3, -0.25) is 14.5 Å². The minimum absolute atomic E-state index is 0.0777. The molecule has 0 atom stereocenters. The van der Waals surface area contributed by atoms with Crippen molar-refractivity contribution in [1.29, 1.82) is 0 Å². The third-order valence-corrected chi connectivity index (χ3v) is 4.88. The second kappa shape index (κ2) is 10.3. The minimum Gasteiger partial charge on any atom is -0.491 e. The Labute approximate surface area is 183 Å². The summed E-state index contributed by atoms with van der Waals surface area (Å²) in [4.78, 5) is 27.7. The molecule has 0 unspecified atom stereocenters. The fourth-order valence-corrected chi connectivity index (χ4v) is 3.39. The summed E-state index contributed by atoms with van der Waals surface area (Å²) in [7, 11) is 0. The Hall–Kier alpha value is -3.12. The zero-order valence-electron chi connectivity index (χ0n) is 18.6. The van der Waals surface area contributed by atoms with E-state index in [-0.39, 0.29) is 17.9 Å². The molecule has 1 aliphatic rings. The maximum absolute atomic E-state index is 13.2. The molecule has 3 rings (SSSR count). The van der Waals surface area contributed by atoms with Gasteiger partial charge in [-0.1, -0.05) is 29.8 Å². The van der Waals surface area contributed by atoms with Gasteiger partial charge in [0, 0.05) is 25.4 Å². The van der Waals surface area contributed by atoms with E-state index in [4.69, 9.17) is 9.47 Å². The molecule has 0 spiro atoms. The van der Waals surface area contributed by atoms with Crippen LogP contribution < -0.4 is 10.1 Å². The summed E-state index contributed by atoms with van der Waals surface area (Å²) in [6.45, 7) is 9.27. The molecule has 6 nitrogen and oxygen atoms in total. The molecule has 0 aromatic heterocycles. The van der Waals surface area contributed by atoms with Crippen LogP contribution in [0.4, 0.5) is 5.69 Å². The number of carbonyl (C=O) groups is 2. The van der Waals surface area contributed by atoms with Gasteiger partial charge in [0.15, 0.2) is 0 Å². The average molecular weight is 423 g/mol. The van der Waals surface area contributed by atoms with E-state index in [1.807, 2.05) is 76.2 Å². The van der Waals surface area contributed by atoms with Gasteiger partial charge in [0.1, 0.15) is 11.4 Å². The third-order valence-electron chi connectivity index (χ3n) is 4.88. The normalized spacial score (nSPS) is 14.0. The Morgan fingerprint density at radius 2 is 1.65 bits per heavy atom. The molecular formula is C25H30N2O4. The molecule has 0 fully saturated rings. The highest BCUT2D eigenvalue weighted by atomic mass is 16.5. The fourth-order valence-electron chi connectivity index (χ4n) is 3.39. The third kappa shape index (κ3) is 5.52. The van der Waals surface area contributed by atoms with Crippen LogP contribution >= 0.6 is 0 Å². The van der Waals surface area contributed by atoms with Crippen molar-refractivity contribution in [2.75, 3.05) is 25.1 Å². The zero-order chi connectivity index (χ0) is 22.4. The molecule has 0 bridgehead atoms. The van der Waals surface area contributed by atoms with E-state index >= 15 is 0 Å². The number of aryl methyl sites for hydroxylation is 1. The maximum atomic E-state index is 13.2. The quantitative estimate of drug-likeness (QED) is 0.454. The Bertz CT molecular complexity index is 946. The van der Waals surface area contributed by atoms with E-state index in [1.54, 1.807) is 0 Å². The van der Waals surface area contributed by atoms with E-state index < -0.39 is 0 Å². The van der Waals surface area contributed by atoms with E-state index in [1.165, 1.54) is 4.90 Å². The van der Waals surface area contributed by atoms with Crippen molar-refractivity contribution in [2.45, 2.75) is 40.2 Å². The number of ether oxygens (including phenoxy) is 2. The van der Waals surface area contributed by atoms with Crippen LogP contribution in [0.25, 0.3) is 5.57 Å². The molecule has 0 saturated carbocycles. The predicted molar refractivity (Wildman–Crippen MR) is 122 cm³/mol. The highest BCUT2D eigenvalue weighted by molar-refractivity contribution is 6.36. The molecule has 1 N–H and O–H groups in total. The number of carbonyl (C=O) groups excluding carboxylic acids is 2. The summed E-state index contributed by atoms with van der Waals surface area (Å²) < 4.78 is 11.0. The number of rotatable bonds is 10. The first kappa shape index (κ1) is 22.6. The van der Waals surface area contributed by atoms with Crippen LogP contribution in [-0.2, 0) is 14.3 Å². The topological polar surface area (TPSA) is 67.9 Å². The lowest BCUT2D eigenvalue weighted by atomic mass is 10.0. The van der Waals surface area contributed by atoms with Crippen molar-refractivity contribution in [3.8, 4) is 5.75 Å². The summed E-state index contributed by atoms with van der Waals surface area (Å²) >= 11 is 0. The number of hydrogen-bond acceptors (Lipinski definition) is 5. The van der Waals surface area contributed by atoms with Crippen molar-refractivity contribution in [3.63, 3.8) is 0 Å². The number of hydrogen-bond donors (Lipinski definition) is 1. The molecule has 2 amide bonds. The minimum atomic E-state index is -0.320. The van der Waals surface area contributed by atoms with Crippen LogP contribution in [0.2, 0.25) is 0 Å². The molecular weight excluding hydrogens is 392 g/mol. The van der Waals surface area contributed by atoms with Gasteiger partial charge in [-0.2, -0.15) is 0 Å². The van der Waals surface area contributed by atoms with Gasteiger partial charge in [0.05, 0.1) is 11.7 Å². The first-order valence-corrected chi connectivity index (χ1v) is 10.7. The number of nitrogens with one attached hydrogen (secondary N) is 1. The van der Waals surface area contributed by atoms with Gasteiger partial charge in [-0.05, 0) is 63.9 Å². The number of amides is 2. The highest BCUT2D eigenvalue weighted by Gasteiger charge is 2.38. The number of benzene rings is 2. The summed E-state index contributed by atoms with van der Waals surface area (Å²) in [5.74, 6) is 0.145. The molecule has 1 aliphatic heterocycles. The Morgan fingerprint density at radius 3 is 2.26 bits per heavy atom. The van der Waals surface area contributed by atoms with Crippen LogP contribution in [0.1, 0.15) is 38.3 Å². The summed E-state index contributed by atoms with van der Waals surface area (Å²) in [6.07, 6.45) is 0.676. The lowest BCUT2D eigenvalue weighted by Crippen LogP contribution is -2.34. The molecule has 2 aromatic rings. The van der Waals surface area contributed by atoms with Crippen molar-refractivity contribution in [1.82, 2.24) is 4.90 Å². The Morgan fingerprint density at radius 1 is 0.968 bits per heavy atom. The van der Waals surface area contributed by atoms with E-state index in [0.29, 0.717) is 43.1 Å². The second-order valence-electron chi connectivity index (χ2n) is 7.74. The van der Waals surface area contributed by atoms with Crippen LogP contribution in [0.3, 0.4) is 0 Å². The van der Waals surface area contributed by atoms with Crippen molar-refractivity contribution in [2.24, 2.45) is 0 Å². The number of anilines is 1. The first-order chi connectivity index (χ1) is 14.9. The largest absolute Gasteiger partial charge is 0.491 e. The summed E-state index contributed by atoms with van der Waals surface area (Å²) in [5.41, 5.74) is 3.21. The predicted octanol–water partition coefficient (Wildman–Crippen LogP) is 4.40. The number of imide groups is 1. The standard InChI is InChI=1S/C25H30N2O4/c1-5-30-16-6-15-27-24(28)22(19-9-7-18(4)8-10-19)23(25(27)29)26-20-11-13-21(14-12-20)31-17(2)3/h7-14,17,26H,5-6,15-16H2,1-4H3. The Balaban J connectivity index is 1.88. The van der Waals surface area contributed by atoms with Gasteiger partial charge in [0.2, 0.25) is 0 Å². The average Bonchev–Trinajstić information content (AvgIpc) is 2.97. The highest BCUT2D eigenvalue weighted by Crippen LogP contribution is 2.31. The Kier molecular flexibility index (Phi) is 7.47. The molecule has 31 heavy (non-hydrogen) atoms. The zero-order valence-corrected chi connectivity index (χ0v) is 18.6. The number of nitrogens with zero attached hydrogens (tertiary/aromatic N) is 1. The monoisotopic (exact) mass is 422 g/mol. The van der Waals surface area contributed by atoms with Gasteiger partial charge >= 0.3 is 0 Å². The molecule has 6 heteroatoms. The van der Waals surface area contributed by atoms with E-state index in [2.05, 4.69) is 5.32 Å². The van der Waals surface area contributed by atoms with Gasteiger partial charge < -0.3 is 14.8 Å². The summed E-state index contributed by atoms with van der Waals surface area (Å²) in [6, 6.07) is 15.0. The molecule has 2 aromatic carbocycles. The van der Waals surface area contributed by atoms with Crippen molar-refractivity contribution in [3.05, 3.63) is 65.4 Å². The lowest BCUT2D eigenvalue weighted by Gasteiger charge is -2.15. The van der Waals surface area contributed by atoms with Crippen molar-refractivity contribution >= 4 is 23.1 Å². The molecule has 1 heterocycles. The SMILES string of the molecule is CCOCCCN1C(=O)C(Nc2ccc(OC(C)C)cc2)=C(c2ccc(C)cc2)C1=O. The van der Waals surface area contributed by atoms with Crippen LogP contribution in [0, 0.1) is 6.92 Å². The van der Waals surface area contributed by atoms with Gasteiger partial charge in [-0.25, -0.2) is 0 Å². The van der Waals surface area contributed by atoms with Crippen LogP contribution in [0.5, 0.6) is 5.75 Å². The molecule has 164 valence electrons. The van der Waals surface area contributed by atoms with E-state index in [9.17, 15) is 9.59 Å². The van der Waals surface area contributed by atoms with Crippen LogP contribution in [0.15, 0.2) is 54.2 Å². The fraction of sp³-hybridized carbons (Fsp3) is 0.360. The second-order valence-corrected chi connectivity index (χ2v) is 7.74. The van der Waals surface area contributed by atoms with Gasteiger partial charge in [-0.15, -0.1) is 0 Å². The lowest BCUT2D eigenvalue weighted by molar-refractivity contribution is -0.137. The smallest absolute Gasteiger partial charge is 0.278 e. The van der Waals surface area contributed by atoms with Gasteiger partial charge in [0.25, 0.3) is 11.8 Å². The van der Waals surface area contributed by atoms with E-state index in [0.717, 1.165) is 16.9 Å². The molecule has 0 aliphatic carbocycles.